The van der Waals surface area contributed by atoms with Crippen molar-refractivity contribution in [3.8, 4) is 0 Å². The predicted octanol–water partition coefficient (Wildman–Crippen LogP) is 0.810. The molecule has 0 radical (unpaired) electrons. The Labute approximate surface area is 111 Å². The number of nitrogens with zero attached hydrogens (tertiary/aromatic N) is 3. The van der Waals surface area contributed by atoms with Crippen LogP contribution in [0.5, 0.6) is 0 Å². The van der Waals surface area contributed by atoms with Crippen molar-refractivity contribution >= 4 is 34.8 Å². The lowest BCUT2D eigenvalue weighted by Crippen LogP contribution is -2.53. The average Bonchev–Trinajstić information content (AvgIpc) is 2.65. The molecule has 96 valence electrons. The second-order valence-electron chi connectivity index (χ2n) is 4.07. The smallest absolute Gasteiger partial charge is 0.239 e. The Kier molecular flexibility index (Phi) is 4.73. The summed E-state index contributed by atoms with van der Waals surface area (Å²) >= 11 is 1.49. The summed E-state index contributed by atoms with van der Waals surface area (Å²) in [5.74, 6) is 0.184. The molecule has 1 amide bonds. The minimum Gasteiger partial charge on any atom is -0.375 e. The van der Waals surface area contributed by atoms with Gasteiger partial charge in [-0.2, -0.15) is 0 Å². The van der Waals surface area contributed by atoms with E-state index in [-0.39, 0.29) is 24.4 Å². The van der Waals surface area contributed by atoms with Gasteiger partial charge >= 0.3 is 0 Å². The van der Waals surface area contributed by atoms with E-state index in [1.165, 1.54) is 11.3 Å². The normalized spacial score (nSPS) is 21.4. The predicted molar refractivity (Wildman–Crippen MR) is 71.3 cm³/mol. The summed E-state index contributed by atoms with van der Waals surface area (Å²) in [5.41, 5.74) is 5.58. The number of aromatic nitrogens is 1. The highest BCUT2D eigenvalue weighted by molar-refractivity contribution is 7.15. The van der Waals surface area contributed by atoms with Gasteiger partial charge in [0, 0.05) is 37.8 Å². The van der Waals surface area contributed by atoms with Crippen LogP contribution < -0.4 is 5.73 Å². The Bertz CT molecular complexity index is 397. The Morgan fingerprint density at radius 3 is 2.88 bits per heavy atom. The van der Waals surface area contributed by atoms with Crippen molar-refractivity contribution in [3.63, 3.8) is 0 Å². The summed E-state index contributed by atoms with van der Waals surface area (Å²) in [6, 6.07) is -0.0536. The van der Waals surface area contributed by atoms with E-state index in [1.54, 1.807) is 11.1 Å². The van der Waals surface area contributed by atoms with E-state index in [2.05, 4.69) is 9.88 Å². The van der Waals surface area contributed by atoms with Crippen LogP contribution in [0.15, 0.2) is 6.20 Å². The van der Waals surface area contributed by atoms with Gasteiger partial charge in [-0.3, -0.25) is 9.69 Å². The molecule has 1 unspecified atom stereocenters. The van der Waals surface area contributed by atoms with Crippen LogP contribution in [0.2, 0.25) is 0 Å². The van der Waals surface area contributed by atoms with Crippen LogP contribution in [0.3, 0.4) is 0 Å². The van der Waals surface area contributed by atoms with Crippen molar-refractivity contribution in [2.24, 2.45) is 0 Å². The van der Waals surface area contributed by atoms with Gasteiger partial charge in [-0.05, 0) is 6.92 Å². The third-order valence-corrected chi connectivity index (χ3v) is 3.75. The molecule has 0 saturated carbocycles. The maximum atomic E-state index is 11.8. The van der Waals surface area contributed by atoms with Crippen LogP contribution in [-0.2, 0) is 11.3 Å². The summed E-state index contributed by atoms with van der Waals surface area (Å²) in [6.45, 7) is 4.40. The summed E-state index contributed by atoms with van der Waals surface area (Å²) < 4.78 is 0. The van der Waals surface area contributed by atoms with Gasteiger partial charge in [0.25, 0.3) is 0 Å². The zero-order valence-electron chi connectivity index (χ0n) is 9.92. The molecule has 0 bridgehead atoms. The number of piperazine rings is 1. The second kappa shape index (κ2) is 5.66. The van der Waals surface area contributed by atoms with Crippen LogP contribution in [0.25, 0.3) is 0 Å². The van der Waals surface area contributed by atoms with E-state index in [0.29, 0.717) is 5.13 Å². The van der Waals surface area contributed by atoms with E-state index in [0.717, 1.165) is 24.5 Å². The highest BCUT2D eigenvalue weighted by Gasteiger charge is 2.29. The molecule has 2 heterocycles. The van der Waals surface area contributed by atoms with Gasteiger partial charge in [-0.1, -0.05) is 0 Å². The molecule has 1 aliphatic heterocycles. The number of likely N-dealkylation sites (N-methyl/N-ethyl adjacent to an activating group) is 1. The first-order chi connectivity index (χ1) is 7.58. The summed E-state index contributed by atoms with van der Waals surface area (Å²) in [4.78, 5) is 20.8. The van der Waals surface area contributed by atoms with Crippen molar-refractivity contribution in [3.05, 3.63) is 11.1 Å². The lowest BCUT2D eigenvalue weighted by Gasteiger charge is -2.36. The van der Waals surface area contributed by atoms with Crippen LogP contribution >= 0.6 is 23.7 Å². The molecular formula is C10H17ClN4OS. The molecule has 2 rings (SSSR count). The number of halogens is 1. The third kappa shape index (κ3) is 3.08. The number of rotatable bonds is 2. The molecule has 1 aromatic heterocycles. The molecule has 1 atom stereocenters. The summed E-state index contributed by atoms with van der Waals surface area (Å²) in [7, 11) is 1.85. The molecule has 1 fully saturated rings. The Morgan fingerprint density at radius 2 is 2.29 bits per heavy atom. The fraction of sp³-hybridized carbons (Fsp3) is 0.600. The van der Waals surface area contributed by atoms with E-state index >= 15 is 0 Å². The molecule has 5 nitrogen and oxygen atoms in total. The zero-order valence-corrected chi connectivity index (χ0v) is 11.6. The minimum absolute atomic E-state index is 0. The van der Waals surface area contributed by atoms with Gasteiger partial charge in [-0.25, -0.2) is 4.98 Å². The van der Waals surface area contributed by atoms with E-state index in [1.807, 2.05) is 14.0 Å². The molecule has 7 heteroatoms. The standard InChI is InChI=1S/C10H16N4OS.ClH/c1-7-9(15)13(2)3-4-14(7)6-8-5-12-10(11)16-8;/h5,7H,3-4,6H2,1-2H3,(H2,11,12);1H. The summed E-state index contributed by atoms with van der Waals surface area (Å²) in [6.07, 6.45) is 1.79. The van der Waals surface area contributed by atoms with Gasteiger partial charge < -0.3 is 10.6 Å². The Hall–Kier alpha value is -0.850. The fourth-order valence-electron chi connectivity index (χ4n) is 1.87. The van der Waals surface area contributed by atoms with E-state index in [9.17, 15) is 4.79 Å². The van der Waals surface area contributed by atoms with Crippen molar-refractivity contribution < 1.29 is 4.79 Å². The molecule has 1 aromatic rings. The lowest BCUT2D eigenvalue weighted by molar-refractivity contribution is -0.139. The van der Waals surface area contributed by atoms with Gasteiger partial charge in [-0.15, -0.1) is 23.7 Å². The first-order valence-electron chi connectivity index (χ1n) is 5.27. The Balaban J connectivity index is 0.00000144. The van der Waals surface area contributed by atoms with Crippen LogP contribution in [0.4, 0.5) is 5.13 Å². The molecule has 17 heavy (non-hydrogen) atoms. The molecule has 0 aromatic carbocycles. The SMILES string of the molecule is CC1C(=O)N(C)CCN1Cc1cnc(N)s1.Cl. The molecule has 1 aliphatic rings. The molecule has 2 N–H and O–H groups in total. The van der Waals surface area contributed by atoms with Crippen LogP contribution in [0, 0.1) is 0 Å². The number of amides is 1. The number of carbonyl (C=O) groups is 1. The van der Waals surface area contributed by atoms with E-state index < -0.39 is 0 Å². The fourth-order valence-corrected chi connectivity index (χ4v) is 2.58. The number of thiazole rings is 1. The number of hydrogen-bond donors (Lipinski definition) is 1. The topological polar surface area (TPSA) is 62.5 Å². The highest BCUT2D eigenvalue weighted by atomic mass is 35.5. The highest BCUT2D eigenvalue weighted by Crippen LogP contribution is 2.19. The lowest BCUT2D eigenvalue weighted by atomic mass is 10.2. The number of carbonyl (C=O) groups excluding carboxylic acids is 1. The third-order valence-electron chi connectivity index (χ3n) is 2.93. The molecule has 0 aliphatic carbocycles. The van der Waals surface area contributed by atoms with Crippen LogP contribution in [0.1, 0.15) is 11.8 Å². The zero-order chi connectivity index (χ0) is 11.7. The largest absolute Gasteiger partial charge is 0.375 e. The quantitative estimate of drug-likeness (QED) is 0.868. The number of nitrogen functional groups attached to an aromatic ring is 1. The molecule has 0 spiro atoms. The maximum absolute atomic E-state index is 11.8. The number of hydrogen-bond acceptors (Lipinski definition) is 5. The second-order valence-corrected chi connectivity index (χ2v) is 5.22. The van der Waals surface area contributed by atoms with Gasteiger partial charge in [0.1, 0.15) is 0 Å². The first kappa shape index (κ1) is 14.2. The van der Waals surface area contributed by atoms with Gasteiger partial charge in [0.15, 0.2) is 5.13 Å². The minimum atomic E-state index is -0.0536. The van der Waals surface area contributed by atoms with Crippen molar-refractivity contribution in [2.45, 2.75) is 19.5 Å². The van der Waals surface area contributed by atoms with E-state index in [4.69, 9.17) is 5.73 Å². The number of anilines is 1. The van der Waals surface area contributed by atoms with Crippen molar-refractivity contribution in [1.82, 2.24) is 14.8 Å². The average molecular weight is 277 g/mol. The van der Waals surface area contributed by atoms with Crippen LogP contribution in [-0.4, -0.2) is 46.9 Å². The maximum Gasteiger partial charge on any atom is 0.239 e. The van der Waals surface area contributed by atoms with Crippen molar-refractivity contribution in [1.29, 1.82) is 0 Å². The van der Waals surface area contributed by atoms with Gasteiger partial charge in [0.2, 0.25) is 5.91 Å². The monoisotopic (exact) mass is 276 g/mol. The Morgan fingerprint density at radius 1 is 1.59 bits per heavy atom. The number of nitrogens with two attached hydrogens (primary N) is 1. The molecule has 1 saturated heterocycles. The first-order valence-corrected chi connectivity index (χ1v) is 6.09. The van der Waals surface area contributed by atoms with Gasteiger partial charge in [0.05, 0.1) is 6.04 Å². The molecular weight excluding hydrogens is 260 g/mol. The van der Waals surface area contributed by atoms with Crippen molar-refractivity contribution in [2.75, 3.05) is 25.9 Å². The summed E-state index contributed by atoms with van der Waals surface area (Å²) in [5, 5.41) is 0.586.